The molecular weight excluding hydrogens is 316 g/mol. The fourth-order valence-corrected chi connectivity index (χ4v) is 3.07. The van der Waals surface area contributed by atoms with Crippen LogP contribution in [0.3, 0.4) is 0 Å². The Morgan fingerprint density at radius 2 is 2.17 bits per heavy atom. The Hall–Kier alpha value is -1.86. The van der Waals surface area contributed by atoms with Crippen molar-refractivity contribution in [1.82, 2.24) is 24.8 Å². The third-order valence-corrected chi connectivity index (χ3v) is 4.40. The van der Waals surface area contributed by atoms with Gasteiger partial charge in [0, 0.05) is 32.5 Å². The molecule has 2 aromatic rings. The van der Waals surface area contributed by atoms with Crippen molar-refractivity contribution in [3.05, 3.63) is 38.3 Å². The maximum atomic E-state index is 12.0. The van der Waals surface area contributed by atoms with Crippen LogP contribution in [-0.2, 0) is 25.9 Å². The van der Waals surface area contributed by atoms with Gasteiger partial charge >= 0.3 is 0 Å². The van der Waals surface area contributed by atoms with E-state index in [-0.39, 0.29) is 11.5 Å². The Morgan fingerprint density at radius 3 is 2.96 bits per heavy atom. The Balaban J connectivity index is 1.72. The van der Waals surface area contributed by atoms with E-state index < -0.39 is 0 Å². The van der Waals surface area contributed by atoms with Gasteiger partial charge in [0.1, 0.15) is 5.82 Å². The van der Waals surface area contributed by atoms with Crippen molar-refractivity contribution in [3.8, 4) is 0 Å². The average Bonchev–Trinajstić information content (AvgIpc) is 2.86. The van der Waals surface area contributed by atoms with Crippen molar-refractivity contribution in [2.24, 2.45) is 0 Å². The Bertz CT molecular complexity index is 753. The van der Waals surface area contributed by atoms with Crippen LogP contribution in [0.5, 0.6) is 0 Å². The fraction of sp³-hybridized carbons (Fsp3) is 0.533. The van der Waals surface area contributed by atoms with Gasteiger partial charge in [0.25, 0.3) is 5.56 Å². The summed E-state index contributed by atoms with van der Waals surface area (Å²) in [5, 5.41) is 0.520. The third-order valence-electron chi connectivity index (χ3n) is 4.09. The first-order valence-electron chi connectivity index (χ1n) is 7.90. The molecule has 0 spiro atoms. The molecule has 23 heavy (non-hydrogen) atoms. The summed E-state index contributed by atoms with van der Waals surface area (Å²) in [6, 6.07) is 0. The van der Waals surface area contributed by atoms with Crippen LogP contribution in [0.25, 0.3) is 0 Å². The first-order valence-corrected chi connectivity index (χ1v) is 8.27. The summed E-state index contributed by atoms with van der Waals surface area (Å²) in [7, 11) is 0. The zero-order valence-corrected chi connectivity index (χ0v) is 13.9. The number of nitrogens with zero attached hydrogens (tertiary/aromatic N) is 3. The van der Waals surface area contributed by atoms with Gasteiger partial charge in [0.2, 0.25) is 5.95 Å². The molecule has 4 N–H and O–H groups in total. The first kappa shape index (κ1) is 16.0. The summed E-state index contributed by atoms with van der Waals surface area (Å²) in [5.41, 5.74) is 7.82. The van der Waals surface area contributed by atoms with Gasteiger partial charge < -0.3 is 10.7 Å². The molecule has 0 bridgehead atoms. The molecule has 0 aliphatic carbocycles. The molecule has 1 aliphatic rings. The largest absolute Gasteiger partial charge is 0.369 e. The number of fused-ring (bicyclic) bond motifs is 1. The van der Waals surface area contributed by atoms with Gasteiger partial charge in [-0.25, -0.2) is 9.97 Å². The van der Waals surface area contributed by atoms with Crippen molar-refractivity contribution in [2.45, 2.75) is 45.7 Å². The molecule has 7 nitrogen and oxygen atoms in total. The smallest absolute Gasteiger partial charge is 0.257 e. The lowest BCUT2D eigenvalue weighted by molar-refractivity contribution is 0.239. The molecule has 124 valence electrons. The van der Waals surface area contributed by atoms with Crippen molar-refractivity contribution < 1.29 is 0 Å². The zero-order valence-electron chi connectivity index (χ0n) is 13.2. The van der Waals surface area contributed by atoms with E-state index in [4.69, 9.17) is 17.3 Å². The highest BCUT2D eigenvalue weighted by Gasteiger charge is 2.22. The topological polar surface area (TPSA) is 104 Å². The van der Waals surface area contributed by atoms with Gasteiger partial charge in [-0.15, -0.1) is 0 Å². The van der Waals surface area contributed by atoms with Crippen LogP contribution >= 0.6 is 11.6 Å². The lowest BCUT2D eigenvalue weighted by Crippen LogP contribution is -2.35. The van der Waals surface area contributed by atoms with Gasteiger partial charge in [-0.05, 0) is 6.42 Å². The van der Waals surface area contributed by atoms with Crippen molar-refractivity contribution in [2.75, 3.05) is 12.3 Å². The van der Waals surface area contributed by atoms with Gasteiger partial charge in [0.15, 0.2) is 5.15 Å². The number of aryl methyl sites for hydroxylation is 1. The highest BCUT2D eigenvalue weighted by Crippen LogP contribution is 2.20. The van der Waals surface area contributed by atoms with E-state index in [2.05, 4.69) is 31.8 Å². The van der Waals surface area contributed by atoms with Gasteiger partial charge in [0.05, 0.1) is 17.0 Å². The predicted molar refractivity (Wildman–Crippen MR) is 89.3 cm³/mol. The van der Waals surface area contributed by atoms with Crippen molar-refractivity contribution in [1.29, 1.82) is 0 Å². The van der Waals surface area contributed by atoms with Crippen LogP contribution < -0.4 is 11.3 Å². The number of hydrogen-bond acceptors (Lipinski definition) is 5. The summed E-state index contributed by atoms with van der Waals surface area (Å²) >= 11 is 6.23. The number of rotatable bonds is 5. The zero-order chi connectivity index (χ0) is 16.4. The Labute approximate surface area is 139 Å². The molecule has 3 rings (SSSR count). The minimum atomic E-state index is -0.156. The Kier molecular flexibility index (Phi) is 4.68. The molecule has 8 heteroatoms. The second-order valence-electron chi connectivity index (χ2n) is 5.89. The van der Waals surface area contributed by atoms with Crippen molar-refractivity contribution in [3.63, 3.8) is 0 Å². The molecule has 2 aromatic heterocycles. The molecular formula is C15H21ClN6O. The summed E-state index contributed by atoms with van der Waals surface area (Å²) in [6.45, 7) is 4.14. The van der Waals surface area contributed by atoms with E-state index in [1.54, 1.807) is 0 Å². The fourth-order valence-electron chi connectivity index (χ4n) is 2.87. The number of nitrogens with two attached hydrogens (primary N) is 1. The maximum absolute atomic E-state index is 12.0. The van der Waals surface area contributed by atoms with E-state index in [0.717, 1.165) is 43.0 Å². The van der Waals surface area contributed by atoms with E-state index in [0.29, 0.717) is 30.2 Å². The number of nitrogens with one attached hydrogen (secondary N) is 2. The summed E-state index contributed by atoms with van der Waals surface area (Å²) in [6.07, 6.45) is 3.82. The van der Waals surface area contributed by atoms with Crippen molar-refractivity contribution >= 4 is 17.5 Å². The number of H-pyrrole nitrogens is 2. The molecule has 0 fully saturated rings. The standard InChI is InChI=1S/C15H21ClN6O/c1-2-3-4-12-18-11(13(16)20-12)8-22-6-5-10-9(7-22)14(23)21-15(17)19-10/h2-8H2,1H3,(H,18,20)(H3,17,19,21,23). The number of unbranched alkanes of at least 4 members (excludes halogenated alkanes) is 1. The molecule has 0 radical (unpaired) electrons. The Morgan fingerprint density at radius 1 is 1.35 bits per heavy atom. The van der Waals surface area contributed by atoms with E-state index in [9.17, 15) is 4.79 Å². The SMILES string of the molecule is CCCCc1nc(Cl)c(CN2CCc3nc(N)[nH]c(=O)c3C2)[nH]1. The van der Waals surface area contributed by atoms with Crippen LogP contribution in [0, 0.1) is 0 Å². The van der Waals surface area contributed by atoms with Gasteiger partial charge in [-0.2, -0.15) is 0 Å². The first-order chi connectivity index (χ1) is 11.1. The van der Waals surface area contributed by atoms with Crippen LogP contribution in [0.2, 0.25) is 5.15 Å². The quantitative estimate of drug-likeness (QED) is 0.770. The maximum Gasteiger partial charge on any atom is 0.257 e. The number of halogens is 1. The highest BCUT2D eigenvalue weighted by atomic mass is 35.5. The molecule has 1 aliphatic heterocycles. The number of nitrogen functional groups attached to an aromatic ring is 1. The van der Waals surface area contributed by atoms with Crippen LogP contribution in [-0.4, -0.2) is 31.4 Å². The summed E-state index contributed by atoms with van der Waals surface area (Å²) < 4.78 is 0. The lowest BCUT2D eigenvalue weighted by atomic mass is 10.1. The molecule has 0 saturated heterocycles. The third kappa shape index (κ3) is 3.56. The number of hydrogen-bond donors (Lipinski definition) is 3. The molecule has 0 unspecified atom stereocenters. The van der Waals surface area contributed by atoms with E-state index in [1.165, 1.54) is 0 Å². The predicted octanol–water partition coefficient (Wildman–Crippen LogP) is 1.63. The van der Waals surface area contributed by atoms with Gasteiger partial charge in [-0.3, -0.25) is 14.7 Å². The number of anilines is 1. The van der Waals surface area contributed by atoms with Crippen LogP contribution in [0.4, 0.5) is 5.95 Å². The van der Waals surface area contributed by atoms with E-state index >= 15 is 0 Å². The molecule has 3 heterocycles. The lowest BCUT2D eigenvalue weighted by Gasteiger charge is -2.27. The van der Waals surface area contributed by atoms with Crippen LogP contribution in [0.1, 0.15) is 42.5 Å². The van der Waals surface area contributed by atoms with Gasteiger partial charge in [-0.1, -0.05) is 24.9 Å². The monoisotopic (exact) mass is 336 g/mol. The number of aromatic nitrogens is 4. The number of aromatic amines is 2. The molecule has 0 saturated carbocycles. The highest BCUT2D eigenvalue weighted by molar-refractivity contribution is 6.30. The number of imidazole rings is 1. The van der Waals surface area contributed by atoms with E-state index in [1.807, 2.05) is 0 Å². The molecule has 0 amide bonds. The molecule has 0 aromatic carbocycles. The summed E-state index contributed by atoms with van der Waals surface area (Å²) in [4.78, 5) is 28.6. The normalized spacial score (nSPS) is 14.9. The summed E-state index contributed by atoms with van der Waals surface area (Å²) in [5.74, 6) is 1.11. The van der Waals surface area contributed by atoms with Crippen LogP contribution in [0.15, 0.2) is 4.79 Å². The second-order valence-corrected chi connectivity index (χ2v) is 6.25. The minimum absolute atomic E-state index is 0.156. The average molecular weight is 337 g/mol. The second kappa shape index (κ2) is 6.72. The molecule has 0 atom stereocenters. The minimum Gasteiger partial charge on any atom is -0.369 e.